The third-order valence-electron chi connectivity index (χ3n) is 2.60. The first-order valence-corrected chi connectivity index (χ1v) is 5.13. The van der Waals surface area contributed by atoms with Gasteiger partial charge in [0.05, 0.1) is 5.69 Å². The number of hydrogen-bond donors (Lipinski definition) is 0. The lowest BCUT2D eigenvalue weighted by Gasteiger charge is -2.05. The van der Waals surface area contributed by atoms with Crippen LogP contribution in [0.2, 0.25) is 0 Å². The SMILES string of the molecule is Cc1ccccc1-n1[c]nc2cccnc21. The standard InChI is InChI=1S/C13H10N3/c1-10-5-2-3-7-12(10)16-9-15-11-6-4-8-14-13(11)16/h2-8H,1H3. The Morgan fingerprint density at radius 2 is 2.00 bits per heavy atom. The lowest BCUT2D eigenvalue weighted by Crippen LogP contribution is -1.96. The van der Waals surface area contributed by atoms with Crippen molar-refractivity contribution in [3.63, 3.8) is 0 Å². The Morgan fingerprint density at radius 3 is 2.88 bits per heavy atom. The topological polar surface area (TPSA) is 30.7 Å². The summed E-state index contributed by atoms with van der Waals surface area (Å²) in [6, 6.07) is 12.0. The van der Waals surface area contributed by atoms with Crippen LogP contribution >= 0.6 is 0 Å². The summed E-state index contributed by atoms with van der Waals surface area (Å²) >= 11 is 0. The van der Waals surface area contributed by atoms with Crippen molar-refractivity contribution in [3.8, 4) is 5.69 Å². The second-order valence-electron chi connectivity index (χ2n) is 3.68. The predicted molar refractivity (Wildman–Crippen MR) is 62.4 cm³/mol. The van der Waals surface area contributed by atoms with Crippen molar-refractivity contribution >= 4 is 11.2 Å². The summed E-state index contributed by atoms with van der Waals surface area (Å²) in [6.07, 6.45) is 4.75. The lowest BCUT2D eigenvalue weighted by molar-refractivity contribution is 1.04. The van der Waals surface area contributed by atoms with E-state index in [9.17, 15) is 0 Å². The minimum atomic E-state index is 0.844. The molecular formula is C13H10N3. The van der Waals surface area contributed by atoms with Crippen molar-refractivity contribution in [2.45, 2.75) is 6.92 Å². The number of aryl methyl sites for hydroxylation is 1. The molecule has 3 aromatic rings. The van der Waals surface area contributed by atoms with Crippen LogP contribution in [0.3, 0.4) is 0 Å². The van der Waals surface area contributed by atoms with Gasteiger partial charge in [-0.15, -0.1) is 0 Å². The Morgan fingerprint density at radius 1 is 1.12 bits per heavy atom. The first kappa shape index (κ1) is 9.09. The number of hydrogen-bond acceptors (Lipinski definition) is 2. The Balaban J connectivity index is 2.31. The van der Waals surface area contributed by atoms with E-state index >= 15 is 0 Å². The second kappa shape index (κ2) is 3.45. The van der Waals surface area contributed by atoms with E-state index in [1.807, 2.05) is 34.9 Å². The van der Waals surface area contributed by atoms with Gasteiger partial charge >= 0.3 is 0 Å². The van der Waals surface area contributed by atoms with Crippen LogP contribution in [0.1, 0.15) is 5.56 Å². The molecule has 0 aliphatic heterocycles. The summed E-state index contributed by atoms with van der Waals surface area (Å²) in [7, 11) is 0. The summed E-state index contributed by atoms with van der Waals surface area (Å²) in [6.45, 7) is 2.07. The first-order valence-electron chi connectivity index (χ1n) is 5.13. The minimum absolute atomic E-state index is 0.844. The molecule has 0 N–H and O–H groups in total. The van der Waals surface area contributed by atoms with Crippen LogP contribution in [-0.2, 0) is 0 Å². The zero-order chi connectivity index (χ0) is 11.0. The van der Waals surface area contributed by atoms with E-state index in [0.717, 1.165) is 16.9 Å². The van der Waals surface area contributed by atoms with Gasteiger partial charge in [-0.3, -0.25) is 4.57 Å². The van der Waals surface area contributed by atoms with E-state index in [1.54, 1.807) is 6.20 Å². The molecule has 3 heteroatoms. The highest BCUT2D eigenvalue weighted by atomic mass is 15.1. The van der Waals surface area contributed by atoms with E-state index in [4.69, 9.17) is 0 Å². The third-order valence-corrected chi connectivity index (χ3v) is 2.60. The Labute approximate surface area is 93.4 Å². The number of fused-ring (bicyclic) bond motifs is 1. The maximum absolute atomic E-state index is 4.33. The number of aromatic nitrogens is 3. The number of para-hydroxylation sites is 1. The van der Waals surface area contributed by atoms with Crippen LogP contribution in [0.15, 0.2) is 42.6 Å². The third kappa shape index (κ3) is 1.29. The molecule has 16 heavy (non-hydrogen) atoms. The molecule has 0 saturated heterocycles. The number of imidazole rings is 1. The van der Waals surface area contributed by atoms with Gasteiger partial charge in [0.15, 0.2) is 12.0 Å². The Kier molecular flexibility index (Phi) is 1.96. The average Bonchev–Trinajstić information content (AvgIpc) is 2.74. The van der Waals surface area contributed by atoms with Crippen molar-refractivity contribution in [2.75, 3.05) is 0 Å². The van der Waals surface area contributed by atoms with Gasteiger partial charge < -0.3 is 0 Å². The van der Waals surface area contributed by atoms with E-state index in [2.05, 4.69) is 29.3 Å². The smallest absolute Gasteiger partial charge is 0.183 e. The van der Waals surface area contributed by atoms with Crippen LogP contribution in [0.5, 0.6) is 0 Å². The molecular weight excluding hydrogens is 198 g/mol. The van der Waals surface area contributed by atoms with E-state index in [-0.39, 0.29) is 0 Å². The molecule has 0 aliphatic rings. The van der Waals surface area contributed by atoms with Crippen LogP contribution in [0, 0.1) is 13.3 Å². The van der Waals surface area contributed by atoms with Crippen molar-refractivity contribution in [1.29, 1.82) is 0 Å². The monoisotopic (exact) mass is 208 g/mol. The molecule has 3 rings (SSSR count). The molecule has 0 saturated carbocycles. The molecule has 3 nitrogen and oxygen atoms in total. The molecule has 2 aromatic heterocycles. The molecule has 0 spiro atoms. The van der Waals surface area contributed by atoms with Crippen LogP contribution < -0.4 is 0 Å². The first-order chi connectivity index (χ1) is 7.86. The van der Waals surface area contributed by atoms with E-state index in [1.165, 1.54) is 5.56 Å². The fraction of sp³-hybridized carbons (Fsp3) is 0.0769. The fourth-order valence-corrected chi connectivity index (χ4v) is 1.78. The van der Waals surface area contributed by atoms with Gasteiger partial charge in [0.25, 0.3) is 0 Å². The molecule has 0 unspecified atom stereocenters. The van der Waals surface area contributed by atoms with Gasteiger partial charge in [-0.2, -0.15) is 0 Å². The molecule has 0 bridgehead atoms. The Hall–Kier alpha value is -2.16. The molecule has 2 heterocycles. The quantitative estimate of drug-likeness (QED) is 0.615. The number of benzene rings is 1. The zero-order valence-corrected chi connectivity index (χ0v) is 8.88. The summed E-state index contributed by atoms with van der Waals surface area (Å²) in [5, 5.41) is 0. The highest BCUT2D eigenvalue weighted by Gasteiger charge is 2.06. The molecule has 77 valence electrons. The van der Waals surface area contributed by atoms with Crippen molar-refractivity contribution < 1.29 is 0 Å². The lowest BCUT2D eigenvalue weighted by atomic mass is 10.2. The van der Waals surface area contributed by atoms with Crippen molar-refractivity contribution in [1.82, 2.24) is 14.5 Å². The van der Waals surface area contributed by atoms with Gasteiger partial charge in [0.1, 0.15) is 5.52 Å². The van der Waals surface area contributed by atoms with E-state index < -0.39 is 0 Å². The van der Waals surface area contributed by atoms with Crippen LogP contribution in [-0.4, -0.2) is 14.5 Å². The highest BCUT2D eigenvalue weighted by Crippen LogP contribution is 2.18. The van der Waals surface area contributed by atoms with Crippen molar-refractivity contribution in [3.05, 3.63) is 54.5 Å². The van der Waals surface area contributed by atoms with Gasteiger partial charge in [-0.1, -0.05) is 18.2 Å². The summed E-state index contributed by atoms with van der Waals surface area (Å²) < 4.78 is 1.89. The largest absolute Gasteiger partial charge is 0.274 e. The summed E-state index contributed by atoms with van der Waals surface area (Å²) in [5.74, 6) is 0. The second-order valence-corrected chi connectivity index (χ2v) is 3.68. The summed E-state index contributed by atoms with van der Waals surface area (Å²) in [4.78, 5) is 8.54. The normalized spacial score (nSPS) is 10.8. The molecule has 0 amide bonds. The van der Waals surface area contributed by atoms with Gasteiger partial charge in [0, 0.05) is 6.20 Å². The van der Waals surface area contributed by atoms with Gasteiger partial charge in [-0.05, 0) is 30.7 Å². The maximum Gasteiger partial charge on any atom is 0.183 e. The number of nitrogens with zero attached hydrogens (tertiary/aromatic N) is 3. The predicted octanol–water partition coefficient (Wildman–Crippen LogP) is 2.53. The molecule has 0 aliphatic carbocycles. The molecule has 0 atom stereocenters. The Bertz CT molecular complexity index is 640. The van der Waals surface area contributed by atoms with Crippen LogP contribution in [0.4, 0.5) is 0 Å². The number of pyridine rings is 1. The van der Waals surface area contributed by atoms with Crippen LogP contribution in [0.25, 0.3) is 16.9 Å². The van der Waals surface area contributed by atoms with E-state index in [0.29, 0.717) is 0 Å². The summed E-state index contributed by atoms with van der Waals surface area (Å²) in [5.41, 5.74) is 3.97. The molecule has 1 radical (unpaired) electrons. The van der Waals surface area contributed by atoms with Gasteiger partial charge in [-0.25, -0.2) is 9.97 Å². The van der Waals surface area contributed by atoms with Crippen molar-refractivity contribution in [2.24, 2.45) is 0 Å². The number of rotatable bonds is 1. The van der Waals surface area contributed by atoms with Gasteiger partial charge in [0.2, 0.25) is 0 Å². The zero-order valence-electron chi connectivity index (χ0n) is 8.88. The minimum Gasteiger partial charge on any atom is -0.274 e. The average molecular weight is 208 g/mol. The molecule has 0 fully saturated rings. The highest BCUT2D eigenvalue weighted by molar-refractivity contribution is 5.72. The molecule has 1 aromatic carbocycles. The fourth-order valence-electron chi connectivity index (χ4n) is 1.78. The maximum atomic E-state index is 4.33.